The van der Waals surface area contributed by atoms with E-state index < -0.39 is 0 Å². The molecule has 1 amide bonds. The third-order valence-electron chi connectivity index (χ3n) is 4.98. The normalized spacial score (nSPS) is 20.8. The highest BCUT2D eigenvalue weighted by molar-refractivity contribution is 5.97. The fraction of sp³-hybridized carbons (Fsp3) is 0.524. The predicted molar refractivity (Wildman–Crippen MR) is 100 cm³/mol. The average Bonchev–Trinajstić information content (AvgIpc) is 2.62. The van der Waals surface area contributed by atoms with Crippen LogP contribution in [-0.2, 0) is 11.3 Å². The van der Waals surface area contributed by atoms with Gasteiger partial charge >= 0.3 is 0 Å². The molecule has 134 valence electrons. The second-order valence-electron chi connectivity index (χ2n) is 7.22. The highest BCUT2D eigenvalue weighted by atomic mass is 16.2. The first-order valence-corrected chi connectivity index (χ1v) is 9.24. The number of benzene rings is 1. The number of nitrogens with one attached hydrogen (secondary N) is 1. The van der Waals surface area contributed by atoms with Gasteiger partial charge in [-0.25, -0.2) is 0 Å². The van der Waals surface area contributed by atoms with E-state index in [0.717, 1.165) is 12.0 Å². The van der Waals surface area contributed by atoms with E-state index in [1.54, 1.807) is 11.1 Å². The summed E-state index contributed by atoms with van der Waals surface area (Å²) in [5, 5.41) is 12.8. The average molecular weight is 339 g/mol. The van der Waals surface area contributed by atoms with Gasteiger partial charge < -0.3 is 10.2 Å². The Labute approximate surface area is 151 Å². The number of amides is 1. The summed E-state index contributed by atoms with van der Waals surface area (Å²) in [6, 6.07) is 12.4. The molecule has 4 nitrogen and oxygen atoms in total. The molecule has 1 saturated carbocycles. The van der Waals surface area contributed by atoms with Crippen molar-refractivity contribution in [3.05, 3.63) is 47.7 Å². The van der Waals surface area contributed by atoms with Crippen LogP contribution in [0.1, 0.15) is 52.0 Å². The molecule has 0 saturated heterocycles. The lowest BCUT2D eigenvalue weighted by Crippen LogP contribution is -2.38. The van der Waals surface area contributed by atoms with Crippen LogP contribution >= 0.6 is 0 Å². The van der Waals surface area contributed by atoms with Crippen LogP contribution in [0.2, 0.25) is 0 Å². The number of carbonyl (C=O) groups excluding carboxylic acids is 1. The molecule has 1 aromatic rings. The maximum atomic E-state index is 12.9. The van der Waals surface area contributed by atoms with Crippen molar-refractivity contribution in [1.82, 2.24) is 10.2 Å². The molecule has 1 aliphatic rings. The minimum atomic E-state index is -0.211. The second kappa shape index (κ2) is 9.27. The van der Waals surface area contributed by atoms with Gasteiger partial charge in [0, 0.05) is 24.8 Å². The Morgan fingerprint density at radius 2 is 2.00 bits per heavy atom. The van der Waals surface area contributed by atoms with Crippen LogP contribution in [0.25, 0.3) is 0 Å². The largest absolute Gasteiger partial charge is 0.387 e. The summed E-state index contributed by atoms with van der Waals surface area (Å²) in [4.78, 5) is 14.6. The highest BCUT2D eigenvalue weighted by Crippen LogP contribution is 2.24. The van der Waals surface area contributed by atoms with Crippen LogP contribution in [0.15, 0.2) is 42.1 Å². The molecule has 0 radical (unpaired) electrons. The lowest BCUT2D eigenvalue weighted by Gasteiger charge is -2.30. The quantitative estimate of drug-likeness (QED) is 0.629. The standard InChI is InChI=1S/C21H29N3O/c1-16(2)24(15-18-10-5-4-6-11-18)21(25)19(13-22)14-23-20-12-8-7-9-17(20)3/h4-6,10-11,14,16-17,20,23H,7-9,12,15H2,1-3H3/b19-14-. The van der Waals surface area contributed by atoms with Crippen LogP contribution in [0, 0.1) is 17.2 Å². The molecule has 2 atom stereocenters. The maximum absolute atomic E-state index is 12.9. The summed E-state index contributed by atoms with van der Waals surface area (Å²) in [5.74, 6) is 0.364. The van der Waals surface area contributed by atoms with Crippen LogP contribution in [-0.4, -0.2) is 22.9 Å². The van der Waals surface area contributed by atoms with Gasteiger partial charge in [0.2, 0.25) is 0 Å². The number of nitrogens with zero attached hydrogens (tertiary/aromatic N) is 2. The Morgan fingerprint density at radius 1 is 1.32 bits per heavy atom. The monoisotopic (exact) mass is 339 g/mol. The van der Waals surface area contributed by atoms with Crippen LogP contribution in [0.5, 0.6) is 0 Å². The molecule has 0 bridgehead atoms. The van der Waals surface area contributed by atoms with Crippen molar-refractivity contribution in [1.29, 1.82) is 5.26 Å². The molecule has 1 N–H and O–H groups in total. The minimum Gasteiger partial charge on any atom is -0.387 e. The summed E-state index contributed by atoms with van der Waals surface area (Å²) >= 11 is 0. The van der Waals surface area contributed by atoms with Gasteiger partial charge in [-0.15, -0.1) is 0 Å². The highest BCUT2D eigenvalue weighted by Gasteiger charge is 2.23. The minimum absolute atomic E-state index is 0.0260. The third kappa shape index (κ3) is 5.35. The molecule has 0 aliphatic heterocycles. The Kier molecular flexibility index (Phi) is 7.06. The van der Waals surface area contributed by atoms with Crippen molar-refractivity contribution < 1.29 is 4.79 Å². The summed E-state index contributed by atoms with van der Waals surface area (Å²) in [6.07, 6.45) is 6.41. The van der Waals surface area contributed by atoms with E-state index in [2.05, 4.69) is 18.3 Å². The van der Waals surface area contributed by atoms with Crippen molar-refractivity contribution in [2.24, 2.45) is 5.92 Å². The molecular weight excluding hydrogens is 310 g/mol. The summed E-state index contributed by atoms with van der Waals surface area (Å²) in [5.41, 5.74) is 1.25. The first-order chi connectivity index (χ1) is 12.0. The smallest absolute Gasteiger partial charge is 0.266 e. The van der Waals surface area contributed by atoms with E-state index in [1.807, 2.05) is 44.2 Å². The van der Waals surface area contributed by atoms with E-state index >= 15 is 0 Å². The number of rotatable bonds is 6. The van der Waals surface area contributed by atoms with Gasteiger partial charge in [-0.1, -0.05) is 50.1 Å². The topological polar surface area (TPSA) is 56.1 Å². The molecule has 1 aromatic carbocycles. The summed E-state index contributed by atoms with van der Waals surface area (Å²) in [6.45, 7) is 6.70. The molecular formula is C21H29N3O. The number of carbonyl (C=O) groups is 1. The number of hydrogen-bond acceptors (Lipinski definition) is 3. The molecule has 0 spiro atoms. The molecule has 2 unspecified atom stereocenters. The molecule has 4 heteroatoms. The zero-order valence-electron chi connectivity index (χ0n) is 15.5. The molecule has 0 aromatic heterocycles. The van der Waals surface area contributed by atoms with Gasteiger partial charge in [0.05, 0.1) is 0 Å². The Balaban J connectivity index is 2.09. The van der Waals surface area contributed by atoms with Crippen LogP contribution < -0.4 is 5.32 Å². The van der Waals surface area contributed by atoms with Gasteiger partial charge in [-0.3, -0.25) is 4.79 Å². The SMILES string of the molecule is CC1CCCCC1N/C=C(/C#N)C(=O)N(Cc1ccccc1)C(C)C. The fourth-order valence-corrected chi connectivity index (χ4v) is 3.32. The van der Waals surface area contributed by atoms with E-state index in [-0.39, 0.29) is 17.5 Å². The van der Waals surface area contributed by atoms with Gasteiger partial charge in [0.15, 0.2) is 0 Å². The van der Waals surface area contributed by atoms with Crippen molar-refractivity contribution >= 4 is 5.91 Å². The number of hydrogen-bond donors (Lipinski definition) is 1. The van der Waals surface area contributed by atoms with Crippen molar-refractivity contribution in [3.8, 4) is 6.07 Å². The zero-order valence-corrected chi connectivity index (χ0v) is 15.5. The van der Waals surface area contributed by atoms with Gasteiger partial charge in [-0.2, -0.15) is 5.26 Å². The molecule has 2 rings (SSSR count). The van der Waals surface area contributed by atoms with Crippen molar-refractivity contribution in [2.45, 2.75) is 65.1 Å². The Morgan fingerprint density at radius 3 is 2.60 bits per heavy atom. The van der Waals surface area contributed by atoms with Gasteiger partial charge in [-0.05, 0) is 38.2 Å². The van der Waals surface area contributed by atoms with E-state index in [9.17, 15) is 10.1 Å². The first kappa shape index (κ1) is 19.1. The van der Waals surface area contributed by atoms with E-state index in [1.165, 1.54) is 19.3 Å². The summed E-state index contributed by atoms with van der Waals surface area (Å²) in [7, 11) is 0. The third-order valence-corrected chi connectivity index (χ3v) is 4.98. The lowest BCUT2D eigenvalue weighted by atomic mass is 9.86. The van der Waals surface area contributed by atoms with E-state index in [4.69, 9.17) is 0 Å². The van der Waals surface area contributed by atoms with Crippen molar-refractivity contribution in [2.75, 3.05) is 0 Å². The predicted octanol–water partition coefficient (Wildman–Crippen LogP) is 4.00. The Hall–Kier alpha value is -2.28. The molecule has 1 fully saturated rings. The van der Waals surface area contributed by atoms with Gasteiger partial charge in [0.25, 0.3) is 5.91 Å². The fourth-order valence-electron chi connectivity index (χ4n) is 3.32. The number of nitriles is 1. The lowest BCUT2D eigenvalue weighted by molar-refractivity contribution is -0.129. The van der Waals surface area contributed by atoms with E-state index in [0.29, 0.717) is 18.5 Å². The van der Waals surface area contributed by atoms with Crippen molar-refractivity contribution in [3.63, 3.8) is 0 Å². The zero-order chi connectivity index (χ0) is 18.2. The molecule has 1 aliphatic carbocycles. The second-order valence-corrected chi connectivity index (χ2v) is 7.22. The first-order valence-electron chi connectivity index (χ1n) is 9.24. The summed E-state index contributed by atoms with van der Waals surface area (Å²) < 4.78 is 0. The Bertz CT molecular complexity index is 630. The van der Waals surface area contributed by atoms with Gasteiger partial charge in [0.1, 0.15) is 11.6 Å². The maximum Gasteiger partial charge on any atom is 0.266 e. The molecule has 25 heavy (non-hydrogen) atoms. The molecule has 0 heterocycles. The van der Waals surface area contributed by atoms with Crippen LogP contribution in [0.3, 0.4) is 0 Å². The van der Waals surface area contributed by atoms with Crippen LogP contribution in [0.4, 0.5) is 0 Å².